The number of methoxy groups -OCH3 is 2. The number of aryl methyl sites for hydroxylation is 2. The highest BCUT2D eigenvalue weighted by Gasteiger charge is 2.15. The Morgan fingerprint density at radius 3 is 1.04 bits per heavy atom. The van der Waals surface area contributed by atoms with Gasteiger partial charge < -0.3 is 54.3 Å². The molecule has 0 saturated carbocycles. The molecular formula is C61H81Cl2N3O11. The van der Waals surface area contributed by atoms with E-state index in [0.29, 0.717) is 52.9 Å². The lowest BCUT2D eigenvalue weighted by Gasteiger charge is -2.22. The molecule has 6 aromatic rings. The van der Waals surface area contributed by atoms with Gasteiger partial charge in [0.25, 0.3) is 0 Å². The van der Waals surface area contributed by atoms with Gasteiger partial charge in [0.15, 0.2) is 51.7 Å². The van der Waals surface area contributed by atoms with Crippen LogP contribution in [0.25, 0.3) is 0 Å². The van der Waals surface area contributed by atoms with Crippen LogP contribution in [0.1, 0.15) is 67.9 Å². The average Bonchev–Trinajstić information content (AvgIpc) is 3.41. The number of ether oxygens (including phenoxy) is 5. The zero-order valence-electron chi connectivity index (χ0n) is 45.9. The van der Waals surface area contributed by atoms with Gasteiger partial charge in [0.2, 0.25) is 5.75 Å². The zero-order chi connectivity index (χ0) is 56.1. The van der Waals surface area contributed by atoms with Crippen LogP contribution in [0.5, 0.6) is 63.2 Å². The van der Waals surface area contributed by atoms with Crippen LogP contribution in [0, 0.1) is 13.8 Å². The summed E-state index contributed by atoms with van der Waals surface area (Å²) in [5.41, 5.74) is 5.32. The van der Waals surface area contributed by atoms with Crippen LogP contribution in [0.4, 0.5) is 0 Å². The maximum absolute atomic E-state index is 9.63. The fourth-order valence-electron chi connectivity index (χ4n) is 8.43. The third-order valence-electron chi connectivity index (χ3n) is 12.6. The molecule has 6 rings (SSSR count). The smallest absolute Gasteiger partial charge is 0.203 e. The molecule has 420 valence electrons. The van der Waals surface area contributed by atoms with Gasteiger partial charge in [-0.15, -0.1) is 0 Å². The quantitative estimate of drug-likeness (QED) is 0.0245. The fourth-order valence-corrected chi connectivity index (χ4v) is 8.93. The van der Waals surface area contributed by atoms with Crippen LogP contribution in [0.2, 0.25) is 10.0 Å². The van der Waals surface area contributed by atoms with Crippen molar-refractivity contribution < 1.29 is 54.3 Å². The van der Waals surface area contributed by atoms with Crippen molar-refractivity contribution in [1.29, 1.82) is 0 Å². The van der Waals surface area contributed by atoms with E-state index in [-0.39, 0.29) is 34.5 Å². The number of para-hydroxylation sites is 3. The Morgan fingerprint density at radius 2 is 0.701 bits per heavy atom. The first kappa shape index (κ1) is 63.1. The fraction of sp³-hybridized carbons (Fsp3) is 0.410. The summed E-state index contributed by atoms with van der Waals surface area (Å²) in [5, 5.41) is 58.0. The second-order valence-corrected chi connectivity index (χ2v) is 19.4. The van der Waals surface area contributed by atoms with Crippen molar-refractivity contribution in [2.45, 2.75) is 73.1 Å². The zero-order valence-corrected chi connectivity index (χ0v) is 47.5. The lowest BCUT2D eigenvalue weighted by molar-refractivity contribution is 0.200. The van der Waals surface area contributed by atoms with Gasteiger partial charge in [-0.1, -0.05) is 92.5 Å². The topological polar surface area (TPSA) is 177 Å². The Bertz CT molecular complexity index is 2490. The molecule has 16 heteroatoms. The molecule has 0 bridgehead atoms. The molecule has 0 spiro atoms. The van der Waals surface area contributed by atoms with Crippen LogP contribution in [-0.2, 0) is 19.3 Å². The Hall–Kier alpha value is -6.42. The van der Waals surface area contributed by atoms with E-state index in [0.717, 1.165) is 120 Å². The highest BCUT2D eigenvalue weighted by Crippen LogP contribution is 2.37. The van der Waals surface area contributed by atoms with E-state index >= 15 is 0 Å². The maximum Gasteiger partial charge on any atom is 0.203 e. The molecule has 6 aromatic carbocycles. The molecule has 0 amide bonds. The van der Waals surface area contributed by atoms with Crippen molar-refractivity contribution in [2.75, 3.05) is 92.9 Å². The first-order valence-corrected chi connectivity index (χ1v) is 27.2. The molecule has 0 atom stereocenters. The van der Waals surface area contributed by atoms with Gasteiger partial charge in [-0.25, -0.2) is 0 Å². The molecule has 6 N–H and O–H groups in total. The van der Waals surface area contributed by atoms with Crippen LogP contribution in [0.15, 0.2) is 109 Å². The minimum absolute atomic E-state index is 0.0575. The Labute approximate surface area is 466 Å². The number of phenolic OH excluding ortho intramolecular Hbond substituents is 6. The minimum Gasteiger partial charge on any atom is -0.504 e. The molecule has 0 aliphatic carbocycles. The Morgan fingerprint density at radius 1 is 0.377 bits per heavy atom. The number of rotatable bonds is 29. The molecule has 0 aromatic heterocycles. The van der Waals surface area contributed by atoms with E-state index in [1.165, 1.54) is 23.3 Å². The van der Waals surface area contributed by atoms with Gasteiger partial charge in [0.1, 0.15) is 25.6 Å². The maximum atomic E-state index is 9.63. The van der Waals surface area contributed by atoms with Crippen LogP contribution in [-0.4, -0.2) is 138 Å². The van der Waals surface area contributed by atoms with E-state index in [1.54, 1.807) is 56.7 Å². The molecule has 14 nitrogen and oxygen atoms in total. The van der Waals surface area contributed by atoms with Crippen molar-refractivity contribution in [3.05, 3.63) is 147 Å². The minimum atomic E-state index is -0.0980. The molecule has 0 radical (unpaired) electrons. The third kappa shape index (κ3) is 21.9. The largest absolute Gasteiger partial charge is 0.504 e. The molecule has 0 aliphatic heterocycles. The summed E-state index contributed by atoms with van der Waals surface area (Å²) in [6.07, 6.45) is 5.56. The second-order valence-electron chi connectivity index (χ2n) is 18.6. The normalized spacial score (nSPS) is 11.0. The number of phenols is 6. The number of hydrogen-bond acceptors (Lipinski definition) is 14. The second kappa shape index (κ2) is 34.4. The monoisotopic (exact) mass is 1100 g/mol. The predicted molar refractivity (Wildman–Crippen MR) is 309 cm³/mol. The third-order valence-corrected chi connectivity index (χ3v) is 13.2. The van der Waals surface area contributed by atoms with Crippen LogP contribution in [0.3, 0.4) is 0 Å². The summed E-state index contributed by atoms with van der Waals surface area (Å²) in [5.74, 6) is 2.93. The Balaban J connectivity index is 0.000000250. The average molecular weight is 1100 g/mol. The van der Waals surface area contributed by atoms with Crippen molar-refractivity contribution in [2.24, 2.45) is 0 Å². The van der Waals surface area contributed by atoms with Gasteiger partial charge in [0.05, 0.1) is 24.3 Å². The number of benzene rings is 6. The van der Waals surface area contributed by atoms with Crippen molar-refractivity contribution in [1.82, 2.24) is 14.7 Å². The molecule has 0 unspecified atom stereocenters. The van der Waals surface area contributed by atoms with Gasteiger partial charge in [0, 0.05) is 39.3 Å². The van der Waals surface area contributed by atoms with E-state index in [9.17, 15) is 30.6 Å². The van der Waals surface area contributed by atoms with E-state index < -0.39 is 0 Å². The van der Waals surface area contributed by atoms with Crippen LogP contribution < -0.4 is 23.7 Å². The summed E-state index contributed by atoms with van der Waals surface area (Å²) >= 11 is 12.2. The molecule has 77 heavy (non-hydrogen) atoms. The highest BCUT2D eigenvalue weighted by atomic mass is 35.5. The number of hydrogen-bond donors (Lipinski definition) is 6. The molecule has 0 heterocycles. The van der Waals surface area contributed by atoms with Gasteiger partial charge in [-0.05, 0) is 160 Å². The molecule has 0 aliphatic rings. The first-order valence-electron chi connectivity index (χ1n) is 26.4. The standard InChI is InChI=1S/C21H29NO5.C21H29NO3.C19H23Cl2NO3/c1-4-11-22(12-10-16-8-9-17(23)18(24)15-16)13-14-27-21-19(25-2)6-5-7-20(21)26-3;1-4-11-22(12-10-18-8-9-19(23)20(24)15-18)13-14-25-21-16(2)6-5-7-17(21)3;1-2-9-22(10-8-14-6-7-17(23)18(24)13-14)11-12-25-19-15(20)4-3-5-16(19)21/h5-9,15,23-24H,4,10-14H2,1-3H3;5-9,15,23-24H,4,10-14H2,1-3H3;3-7,13,23-24H,2,8-12H2,1H3. The lowest BCUT2D eigenvalue weighted by atomic mass is 10.1. The highest BCUT2D eigenvalue weighted by molar-refractivity contribution is 6.37. The number of aromatic hydroxyl groups is 6. The first-order chi connectivity index (χ1) is 37.1. The summed E-state index contributed by atoms with van der Waals surface area (Å²) in [6, 6.07) is 32.0. The SMILES string of the molecule is CCCN(CCOc1c(C)cccc1C)CCc1ccc(O)c(O)c1.CCCN(CCOc1c(Cl)cccc1Cl)CCc1ccc(O)c(O)c1.CCCN(CCOc1c(OC)cccc1OC)CCc1ccc(O)c(O)c1. The van der Waals surface area contributed by atoms with Crippen molar-refractivity contribution in [3.63, 3.8) is 0 Å². The number of nitrogens with zero attached hydrogens (tertiary/aromatic N) is 3. The molecule has 0 saturated heterocycles. The molecular weight excluding hydrogens is 1020 g/mol. The van der Waals surface area contributed by atoms with Gasteiger partial charge in [-0.3, -0.25) is 14.7 Å². The van der Waals surface area contributed by atoms with Gasteiger partial charge in [-0.2, -0.15) is 0 Å². The summed E-state index contributed by atoms with van der Waals surface area (Å²) in [4.78, 5) is 6.97. The van der Waals surface area contributed by atoms with Gasteiger partial charge >= 0.3 is 0 Å². The summed E-state index contributed by atoms with van der Waals surface area (Å²) in [6.45, 7) is 20.1. The lowest BCUT2D eigenvalue weighted by Crippen LogP contribution is -2.31. The number of halogens is 2. The summed E-state index contributed by atoms with van der Waals surface area (Å²) < 4.78 is 28.4. The predicted octanol–water partition coefficient (Wildman–Crippen LogP) is 12.2. The van der Waals surface area contributed by atoms with E-state index in [4.69, 9.17) is 46.9 Å². The van der Waals surface area contributed by atoms with Crippen LogP contribution >= 0.6 is 23.2 Å². The van der Waals surface area contributed by atoms with Crippen molar-refractivity contribution >= 4 is 23.2 Å². The Kier molecular flexibility index (Phi) is 28.2. The van der Waals surface area contributed by atoms with Crippen molar-refractivity contribution in [3.8, 4) is 63.2 Å². The van der Waals surface area contributed by atoms with E-state index in [1.807, 2.05) is 42.5 Å². The van der Waals surface area contributed by atoms with E-state index in [2.05, 4.69) is 61.5 Å². The molecule has 0 fully saturated rings. The summed E-state index contributed by atoms with van der Waals surface area (Å²) in [7, 11) is 3.22.